The number of carbonyl (C=O) groups excluding carboxylic acids is 1. The Kier molecular flexibility index (Phi) is 3.62. The molecule has 0 fully saturated rings. The van der Waals surface area contributed by atoms with Crippen molar-refractivity contribution < 1.29 is 4.79 Å². The van der Waals surface area contributed by atoms with Crippen LogP contribution in [0, 0.1) is 0 Å². The molecule has 7 heteroatoms. The zero-order valence-corrected chi connectivity index (χ0v) is 12.5. The Morgan fingerprint density at radius 2 is 2.27 bits per heavy atom. The summed E-state index contributed by atoms with van der Waals surface area (Å²) < 4.78 is 1.65. The number of unbranched alkanes of at least 4 members (excludes halogenated alkanes) is 1. The van der Waals surface area contributed by atoms with E-state index in [1.54, 1.807) is 10.8 Å². The lowest BCUT2D eigenvalue weighted by molar-refractivity contribution is -0.114. The maximum absolute atomic E-state index is 12.8. The number of hydrogen-bond acceptors (Lipinski definition) is 4. The van der Waals surface area contributed by atoms with Gasteiger partial charge in [0.05, 0.1) is 5.52 Å². The molecule has 0 aromatic carbocycles. The van der Waals surface area contributed by atoms with Crippen molar-refractivity contribution >= 4 is 33.7 Å². The number of hydrogen-bond donors (Lipinski definition) is 2. The Morgan fingerprint density at radius 3 is 3.00 bits per heavy atom. The molecule has 0 saturated carbocycles. The zero-order chi connectivity index (χ0) is 15.7. The van der Waals surface area contributed by atoms with Gasteiger partial charge in [0.15, 0.2) is 5.82 Å². The molecule has 3 aromatic rings. The predicted octanol–water partition coefficient (Wildman–Crippen LogP) is 2.03. The lowest BCUT2D eigenvalue weighted by Crippen LogP contribution is -2.22. The maximum Gasteiger partial charge on any atom is 0.265 e. The first-order valence-corrected chi connectivity index (χ1v) is 7.26. The number of fused-ring (bicyclic) bond motifs is 3. The predicted molar refractivity (Wildman–Crippen MR) is 84.9 cm³/mol. The van der Waals surface area contributed by atoms with Crippen molar-refractivity contribution in [1.29, 1.82) is 0 Å². The monoisotopic (exact) mass is 299 g/mol. The quantitative estimate of drug-likeness (QED) is 0.771. The first kappa shape index (κ1) is 14.2. The van der Waals surface area contributed by atoms with Crippen LogP contribution in [0.15, 0.2) is 23.1 Å². The Balaban J connectivity index is 2.36. The second-order valence-electron chi connectivity index (χ2n) is 5.19. The molecule has 114 valence electrons. The summed E-state index contributed by atoms with van der Waals surface area (Å²) in [6, 6.07) is 3.71. The molecule has 7 nitrogen and oxygen atoms in total. The van der Waals surface area contributed by atoms with Crippen molar-refractivity contribution in [2.24, 2.45) is 0 Å². The number of rotatable bonds is 4. The fraction of sp³-hybridized carbons (Fsp3) is 0.333. The van der Waals surface area contributed by atoms with Crippen LogP contribution >= 0.6 is 0 Å². The molecule has 22 heavy (non-hydrogen) atoms. The second-order valence-corrected chi connectivity index (χ2v) is 5.19. The summed E-state index contributed by atoms with van der Waals surface area (Å²) in [5.74, 6) is 0.00249. The van der Waals surface area contributed by atoms with Gasteiger partial charge in [-0.05, 0) is 18.6 Å². The van der Waals surface area contributed by atoms with Crippen LogP contribution < -0.4 is 10.9 Å². The van der Waals surface area contributed by atoms with E-state index in [9.17, 15) is 9.59 Å². The number of H-pyrrole nitrogens is 1. The fourth-order valence-corrected chi connectivity index (χ4v) is 2.56. The zero-order valence-electron chi connectivity index (χ0n) is 12.5. The maximum atomic E-state index is 12.8. The third-order valence-electron chi connectivity index (χ3n) is 3.57. The van der Waals surface area contributed by atoms with Crippen LogP contribution in [-0.4, -0.2) is 25.7 Å². The third kappa shape index (κ3) is 2.24. The van der Waals surface area contributed by atoms with Crippen LogP contribution in [0.1, 0.15) is 26.7 Å². The van der Waals surface area contributed by atoms with E-state index in [-0.39, 0.29) is 17.3 Å². The summed E-state index contributed by atoms with van der Waals surface area (Å²) in [6.07, 6.45) is 3.52. The molecule has 0 aliphatic carbocycles. The molecule has 3 heterocycles. The van der Waals surface area contributed by atoms with Crippen molar-refractivity contribution in [2.75, 3.05) is 5.32 Å². The smallest absolute Gasteiger partial charge is 0.265 e. The van der Waals surface area contributed by atoms with Crippen molar-refractivity contribution in [1.82, 2.24) is 19.7 Å². The van der Waals surface area contributed by atoms with Gasteiger partial charge < -0.3 is 5.32 Å². The summed E-state index contributed by atoms with van der Waals surface area (Å²) in [6.45, 7) is 4.04. The average Bonchev–Trinajstić information content (AvgIpc) is 2.91. The molecule has 0 unspecified atom stereocenters. The van der Waals surface area contributed by atoms with Crippen LogP contribution in [0.4, 0.5) is 5.82 Å². The van der Waals surface area contributed by atoms with Crippen molar-refractivity contribution in [2.45, 2.75) is 33.2 Å². The van der Waals surface area contributed by atoms with Crippen molar-refractivity contribution in [3.63, 3.8) is 0 Å². The molecule has 0 bridgehead atoms. The first-order valence-electron chi connectivity index (χ1n) is 7.26. The van der Waals surface area contributed by atoms with Crippen LogP contribution in [0.3, 0.4) is 0 Å². The molecular weight excluding hydrogens is 282 g/mol. The fourth-order valence-electron chi connectivity index (χ4n) is 2.56. The highest BCUT2D eigenvalue weighted by atomic mass is 16.1. The molecule has 3 aromatic heterocycles. The molecule has 1 amide bonds. The molecule has 2 N–H and O–H groups in total. The Bertz CT molecular complexity index is 909. The highest BCUT2D eigenvalue weighted by Gasteiger charge is 2.17. The van der Waals surface area contributed by atoms with E-state index < -0.39 is 0 Å². The molecule has 0 atom stereocenters. The summed E-state index contributed by atoms with van der Waals surface area (Å²) in [5.41, 5.74) is 1.04. The topological polar surface area (TPSA) is 92.7 Å². The van der Waals surface area contributed by atoms with Crippen LogP contribution in [0.2, 0.25) is 0 Å². The van der Waals surface area contributed by atoms with Crippen molar-refractivity contribution in [3.8, 4) is 0 Å². The molecule has 0 aliphatic rings. The Morgan fingerprint density at radius 1 is 1.45 bits per heavy atom. The van der Waals surface area contributed by atoms with Crippen molar-refractivity contribution in [3.05, 3.63) is 28.7 Å². The number of pyridine rings is 2. The summed E-state index contributed by atoms with van der Waals surface area (Å²) >= 11 is 0. The number of aromatic nitrogens is 4. The van der Waals surface area contributed by atoms with Gasteiger partial charge in [0.1, 0.15) is 11.0 Å². The van der Waals surface area contributed by atoms with E-state index in [2.05, 4.69) is 27.4 Å². The number of aromatic amines is 1. The van der Waals surface area contributed by atoms with Gasteiger partial charge >= 0.3 is 0 Å². The number of nitrogens with one attached hydrogen (secondary N) is 2. The van der Waals surface area contributed by atoms with E-state index in [1.807, 2.05) is 12.1 Å². The normalized spacial score (nSPS) is 11.2. The standard InChI is InChI=1S/C15H17N5O2/c1-3-4-8-20-14-10(6-5-7-16-14)12-11(15(20)22)13(19-18-12)17-9(2)21/h5-7H,3-4,8H2,1-2H3,(H2,17,18,19,21). The van der Waals surface area contributed by atoms with E-state index in [0.717, 1.165) is 18.2 Å². The minimum Gasteiger partial charge on any atom is -0.309 e. The molecule has 0 radical (unpaired) electrons. The van der Waals surface area contributed by atoms with Gasteiger partial charge in [-0.1, -0.05) is 13.3 Å². The van der Waals surface area contributed by atoms with Crippen LogP contribution in [0.25, 0.3) is 21.9 Å². The van der Waals surface area contributed by atoms with Gasteiger partial charge in [-0.3, -0.25) is 19.3 Å². The van der Waals surface area contributed by atoms with Gasteiger partial charge in [0.25, 0.3) is 5.56 Å². The molecule has 3 rings (SSSR count). The minimum absolute atomic E-state index is 0.188. The average molecular weight is 299 g/mol. The van der Waals surface area contributed by atoms with E-state index >= 15 is 0 Å². The van der Waals surface area contributed by atoms with Crippen LogP contribution in [-0.2, 0) is 11.3 Å². The number of anilines is 1. The van der Waals surface area contributed by atoms with E-state index in [0.29, 0.717) is 23.1 Å². The SMILES string of the molecule is CCCCn1c(=O)c2c(NC(C)=O)n[nH]c2c2cccnc21. The van der Waals surface area contributed by atoms with Gasteiger partial charge in [0, 0.05) is 25.1 Å². The minimum atomic E-state index is -0.265. The summed E-state index contributed by atoms with van der Waals surface area (Å²) in [5, 5.41) is 10.7. The molecule has 0 aliphatic heterocycles. The Labute approximate surface area is 126 Å². The highest BCUT2D eigenvalue weighted by Crippen LogP contribution is 2.24. The molecule has 0 spiro atoms. The molecule has 0 saturated heterocycles. The van der Waals surface area contributed by atoms with Gasteiger partial charge in [-0.2, -0.15) is 5.10 Å². The summed E-state index contributed by atoms with van der Waals surface area (Å²) in [4.78, 5) is 28.5. The highest BCUT2D eigenvalue weighted by molar-refractivity contribution is 6.08. The number of aryl methyl sites for hydroxylation is 1. The van der Waals surface area contributed by atoms with E-state index in [1.165, 1.54) is 6.92 Å². The first-order chi connectivity index (χ1) is 10.6. The number of carbonyl (C=O) groups is 1. The third-order valence-corrected chi connectivity index (χ3v) is 3.57. The van der Waals surface area contributed by atoms with Gasteiger partial charge in [-0.15, -0.1) is 0 Å². The number of nitrogens with zero attached hydrogens (tertiary/aromatic N) is 3. The lowest BCUT2D eigenvalue weighted by atomic mass is 10.2. The second kappa shape index (κ2) is 5.59. The van der Waals surface area contributed by atoms with Gasteiger partial charge in [0.2, 0.25) is 5.91 Å². The van der Waals surface area contributed by atoms with E-state index in [4.69, 9.17) is 0 Å². The molecular formula is C15H17N5O2. The largest absolute Gasteiger partial charge is 0.309 e. The van der Waals surface area contributed by atoms with Gasteiger partial charge in [-0.25, -0.2) is 4.98 Å². The number of amides is 1. The van der Waals surface area contributed by atoms with Crippen LogP contribution in [0.5, 0.6) is 0 Å². The summed E-state index contributed by atoms with van der Waals surface area (Å²) in [7, 11) is 0. The Hall–Kier alpha value is -2.70. The lowest BCUT2D eigenvalue weighted by Gasteiger charge is -2.10.